The van der Waals surface area contributed by atoms with Gasteiger partial charge < -0.3 is 10.8 Å². The van der Waals surface area contributed by atoms with Crippen LogP contribution in [0.5, 0.6) is 0 Å². The third-order valence-corrected chi connectivity index (χ3v) is 6.70. The van der Waals surface area contributed by atoms with Gasteiger partial charge in [0.25, 0.3) is 0 Å². The molecule has 1 fully saturated rings. The third kappa shape index (κ3) is 2.43. The maximum Gasteiger partial charge on any atom is 0.325 e. The first-order valence-electron chi connectivity index (χ1n) is 6.86. The second-order valence-electron chi connectivity index (χ2n) is 5.55. The smallest absolute Gasteiger partial charge is 0.325 e. The fraction of sp³-hybridized carbons (Fsp3) is 0.188. The van der Waals surface area contributed by atoms with E-state index < -0.39 is 32.5 Å². The summed E-state index contributed by atoms with van der Waals surface area (Å²) >= 11 is 5.77. The van der Waals surface area contributed by atoms with Crippen LogP contribution < -0.4 is 5.73 Å². The van der Waals surface area contributed by atoms with E-state index in [1.54, 1.807) is 30.3 Å². The molecule has 0 heterocycles. The molecule has 1 aliphatic rings. The number of carboxylic acid groups (broad SMARTS) is 1. The molecule has 0 amide bonds. The van der Waals surface area contributed by atoms with Crippen molar-refractivity contribution in [3.05, 3.63) is 65.2 Å². The fourth-order valence-corrected chi connectivity index (χ4v) is 5.30. The Morgan fingerprint density at radius 3 is 2.17 bits per heavy atom. The fourth-order valence-electron chi connectivity index (χ4n) is 2.95. The Balaban J connectivity index is 2.07. The number of hydrogen-bond acceptors (Lipinski definition) is 4. The molecule has 2 aromatic rings. The molecule has 23 heavy (non-hydrogen) atoms. The van der Waals surface area contributed by atoms with Crippen LogP contribution in [-0.4, -0.2) is 30.3 Å². The van der Waals surface area contributed by atoms with Crippen LogP contribution in [0.25, 0.3) is 0 Å². The van der Waals surface area contributed by atoms with Crippen molar-refractivity contribution >= 4 is 27.4 Å². The lowest BCUT2D eigenvalue weighted by Crippen LogP contribution is -2.39. The van der Waals surface area contributed by atoms with E-state index in [0.717, 1.165) is 0 Å². The number of rotatable bonds is 4. The molecule has 0 spiro atoms. The third-order valence-electron chi connectivity index (χ3n) is 4.18. The number of sulfone groups is 1. The number of nitrogens with two attached hydrogens (primary N) is 1. The maximum absolute atomic E-state index is 12.8. The van der Waals surface area contributed by atoms with Gasteiger partial charge in [0.2, 0.25) is 0 Å². The quantitative estimate of drug-likeness (QED) is 0.878. The molecular formula is C16H14ClNO4S. The van der Waals surface area contributed by atoms with Crippen LogP contribution in [0.3, 0.4) is 0 Å². The molecule has 7 heteroatoms. The first-order chi connectivity index (χ1) is 10.8. The van der Waals surface area contributed by atoms with Gasteiger partial charge in [-0.2, -0.15) is 0 Å². The van der Waals surface area contributed by atoms with Crippen molar-refractivity contribution in [2.24, 2.45) is 5.73 Å². The molecule has 120 valence electrons. The average Bonchev–Trinajstić information content (AvgIpc) is 3.17. The lowest BCUT2D eigenvalue weighted by Gasteiger charge is -2.06. The Morgan fingerprint density at radius 1 is 1.09 bits per heavy atom. The number of hydrogen-bond donors (Lipinski definition) is 2. The highest BCUT2D eigenvalue weighted by molar-refractivity contribution is 7.92. The summed E-state index contributed by atoms with van der Waals surface area (Å²) in [6.45, 7) is 0. The molecule has 0 aromatic heterocycles. The molecule has 3 N–H and O–H groups in total. The zero-order valence-electron chi connectivity index (χ0n) is 11.9. The number of benzene rings is 2. The molecule has 3 atom stereocenters. The highest BCUT2D eigenvalue weighted by Crippen LogP contribution is 2.55. The Hall–Kier alpha value is -1.89. The maximum atomic E-state index is 12.8. The molecule has 0 bridgehead atoms. The predicted molar refractivity (Wildman–Crippen MR) is 86.2 cm³/mol. The van der Waals surface area contributed by atoms with Crippen LogP contribution in [0.1, 0.15) is 11.5 Å². The van der Waals surface area contributed by atoms with Crippen molar-refractivity contribution < 1.29 is 18.3 Å². The zero-order valence-corrected chi connectivity index (χ0v) is 13.5. The van der Waals surface area contributed by atoms with E-state index in [-0.39, 0.29) is 4.90 Å². The lowest BCUT2D eigenvalue weighted by atomic mass is 10.1. The first kappa shape index (κ1) is 16.0. The Labute approximate surface area is 138 Å². The Bertz CT molecular complexity index is 851. The van der Waals surface area contributed by atoms with Crippen LogP contribution in [0.15, 0.2) is 59.5 Å². The minimum atomic E-state index is -3.90. The van der Waals surface area contributed by atoms with Gasteiger partial charge in [-0.1, -0.05) is 41.9 Å². The topological polar surface area (TPSA) is 97.5 Å². The van der Waals surface area contributed by atoms with E-state index in [1.165, 1.54) is 24.3 Å². The predicted octanol–water partition coefficient (Wildman–Crippen LogP) is 2.06. The van der Waals surface area contributed by atoms with Crippen molar-refractivity contribution in [1.29, 1.82) is 0 Å². The molecular weight excluding hydrogens is 338 g/mol. The highest BCUT2D eigenvalue weighted by atomic mass is 35.5. The number of halogens is 1. The van der Waals surface area contributed by atoms with Crippen LogP contribution in [-0.2, 0) is 14.6 Å². The van der Waals surface area contributed by atoms with E-state index in [9.17, 15) is 18.3 Å². The molecule has 0 saturated heterocycles. The van der Waals surface area contributed by atoms with Crippen molar-refractivity contribution in [1.82, 2.24) is 0 Å². The molecule has 2 aromatic carbocycles. The van der Waals surface area contributed by atoms with E-state index >= 15 is 0 Å². The summed E-state index contributed by atoms with van der Waals surface area (Å²) in [5.41, 5.74) is 4.72. The number of carboxylic acids is 1. The van der Waals surface area contributed by atoms with Gasteiger partial charge in [-0.05, 0) is 29.8 Å². The molecule has 1 aliphatic carbocycles. The highest BCUT2D eigenvalue weighted by Gasteiger charge is 2.74. The van der Waals surface area contributed by atoms with Crippen LogP contribution >= 0.6 is 11.6 Å². The molecule has 5 nitrogen and oxygen atoms in total. The van der Waals surface area contributed by atoms with Gasteiger partial charge in [-0.15, -0.1) is 0 Å². The van der Waals surface area contributed by atoms with Gasteiger partial charge in [-0.3, -0.25) is 4.79 Å². The SMILES string of the molecule is N[C@@]1(C(=O)O)[C@H](c2ccccc2)[C@@H]1S(=O)(=O)c1ccc(Cl)cc1. The Kier molecular flexibility index (Phi) is 3.71. The summed E-state index contributed by atoms with van der Waals surface area (Å²) in [4.78, 5) is 11.6. The van der Waals surface area contributed by atoms with Crippen molar-refractivity contribution in [2.45, 2.75) is 21.6 Å². The Morgan fingerprint density at radius 2 is 1.65 bits per heavy atom. The van der Waals surface area contributed by atoms with Crippen LogP contribution in [0, 0.1) is 0 Å². The summed E-state index contributed by atoms with van der Waals surface area (Å²) in [6, 6.07) is 14.2. The van der Waals surface area contributed by atoms with Gasteiger partial charge in [0, 0.05) is 10.9 Å². The standard InChI is InChI=1S/C16H14ClNO4S/c17-11-6-8-12(9-7-11)23(21,22)14-13(16(14,18)15(19)20)10-4-2-1-3-5-10/h1-9,13-14H,18H2,(H,19,20)/t13-,14+,16+/m1/s1. The summed E-state index contributed by atoms with van der Waals surface area (Å²) in [6.07, 6.45) is 0. The summed E-state index contributed by atoms with van der Waals surface area (Å²) in [5, 5.41) is 8.65. The van der Waals surface area contributed by atoms with Gasteiger partial charge in [0.15, 0.2) is 9.84 Å². The van der Waals surface area contributed by atoms with Crippen molar-refractivity contribution in [3.8, 4) is 0 Å². The second kappa shape index (κ2) is 5.33. The second-order valence-corrected chi connectivity index (χ2v) is 8.05. The van der Waals surface area contributed by atoms with Crippen LogP contribution in [0.4, 0.5) is 0 Å². The lowest BCUT2D eigenvalue weighted by molar-refractivity contribution is -0.139. The largest absolute Gasteiger partial charge is 0.480 e. The summed E-state index contributed by atoms with van der Waals surface area (Å²) in [7, 11) is -3.90. The minimum Gasteiger partial charge on any atom is -0.480 e. The summed E-state index contributed by atoms with van der Waals surface area (Å²) < 4.78 is 25.6. The molecule has 0 aliphatic heterocycles. The van der Waals surface area contributed by atoms with E-state index in [1.807, 2.05) is 0 Å². The molecule has 0 unspecified atom stereocenters. The molecule has 1 saturated carbocycles. The van der Waals surface area contributed by atoms with Gasteiger partial charge in [0.05, 0.1) is 4.90 Å². The summed E-state index contributed by atoms with van der Waals surface area (Å²) in [5.74, 6) is -2.12. The molecule has 0 radical (unpaired) electrons. The normalized spacial score (nSPS) is 26.7. The van der Waals surface area contributed by atoms with E-state index in [4.69, 9.17) is 17.3 Å². The number of aliphatic carboxylic acids is 1. The van der Waals surface area contributed by atoms with E-state index in [0.29, 0.717) is 10.6 Å². The van der Waals surface area contributed by atoms with Crippen molar-refractivity contribution in [2.75, 3.05) is 0 Å². The monoisotopic (exact) mass is 351 g/mol. The molecule has 3 rings (SSSR count). The first-order valence-corrected chi connectivity index (χ1v) is 8.78. The average molecular weight is 352 g/mol. The minimum absolute atomic E-state index is 0.0152. The van der Waals surface area contributed by atoms with E-state index in [2.05, 4.69) is 0 Å². The van der Waals surface area contributed by atoms with Gasteiger partial charge >= 0.3 is 5.97 Å². The van der Waals surface area contributed by atoms with Gasteiger partial charge in [0.1, 0.15) is 10.8 Å². The van der Waals surface area contributed by atoms with Crippen LogP contribution in [0.2, 0.25) is 5.02 Å². The number of carbonyl (C=O) groups is 1. The zero-order chi connectivity index (χ0) is 16.8. The van der Waals surface area contributed by atoms with Crippen molar-refractivity contribution in [3.63, 3.8) is 0 Å². The van der Waals surface area contributed by atoms with Gasteiger partial charge in [-0.25, -0.2) is 8.42 Å².